The van der Waals surface area contributed by atoms with Crippen molar-refractivity contribution in [2.75, 3.05) is 0 Å². The van der Waals surface area contributed by atoms with E-state index in [0.717, 1.165) is 5.56 Å². The zero-order chi connectivity index (χ0) is 12.4. The van der Waals surface area contributed by atoms with Crippen LogP contribution < -0.4 is 0 Å². The molecule has 1 atom stereocenters. The van der Waals surface area contributed by atoms with Gasteiger partial charge in [0.1, 0.15) is 6.10 Å². The molecule has 0 bridgehead atoms. The van der Waals surface area contributed by atoms with Crippen LogP contribution in [0.15, 0.2) is 48.2 Å². The lowest BCUT2D eigenvalue weighted by Gasteiger charge is -2.08. The Morgan fingerprint density at radius 3 is 2.94 bits per heavy atom. The molecule has 1 N–H and O–H groups in total. The van der Waals surface area contributed by atoms with E-state index < -0.39 is 6.10 Å². The third-order valence-electron chi connectivity index (χ3n) is 2.90. The van der Waals surface area contributed by atoms with Crippen molar-refractivity contribution in [1.29, 1.82) is 0 Å². The molecular formula is C14H12N2OS. The van der Waals surface area contributed by atoms with Gasteiger partial charge in [-0.2, -0.15) is 0 Å². The van der Waals surface area contributed by atoms with Crippen LogP contribution in [0, 0.1) is 0 Å². The number of hydrogen-bond acceptors (Lipinski definition) is 4. The molecule has 0 aliphatic carbocycles. The summed E-state index contributed by atoms with van der Waals surface area (Å²) in [7, 11) is 0. The van der Waals surface area contributed by atoms with Crippen molar-refractivity contribution in [1.82, 2.24) is 9.97 Å². The van der Waals surface area contributed by atoms with Crippen LogP contribution in [0.1, 0.15) is 17.4 Å². The first-order valence-corrected chi connectivity index (χ1v) is 6.61. The Morgan fingerprint density at radius 2 is 2.11 bits per heavy atom. The zero-order valence-electron chi connectivity index (χ0n) is 9.65. The average molecular weight is 256 g/mol. The lowest BCUT2D eigenvalue weighted by Crippen LogP contribution is -2.03. The normalized spacial score (nSPS) is 12.7. The number of rotatable bonds is 3. The number of benzene rings is 1. The summed E-state index contributed by atoms with van der Waals surface area (Å²) in [5.74, 6) is 0. The van der Waals surface area contributed by atoms with Crippen molar-refractivity contribution >= 4 is 21.4 Å². The fourth-order valence-electron chi connectivity index (χ4n) is 1.99. The molecule has 90 valence electrons. The lowest BCUT2D eigenvalue weighted by molar-refractivity contribution is 0.173. The second kappa shape index (κ2) is 4.84. The lowest BCUT2D eigenvalue weighted by atomic mass is 10.1. The second-order valence-corrected chi connectivity index (χ2v) is 5.02. The number of aromatic nitrogens is 2. The fourth-order valence-corrected chi connectivity index (χ4v) is 2.96. The number of nitrogens with zero attached hydrogens (tertiary/aromatic N) is 2. The van der Waals surface area contributed by atoms with Crippen LogP contribution in [0.5, 0.6) is 0 Å². The molecule has 0 spiro atoms. The Bertz CT molecular complexity index is 651. The van der Waals surface area contributed by atoms with Crippen LogP contribution in [0.25, 0.3) is 10.1 Å². The predicted molar refractivity (Wildman–Crippen MR) is 72.5 cm³/mol. The number of aliphatic hydroxyl groups excluding tert-OH is 1. The van der Waals surface area contributed by atoms with E-state index in [9.17, 15) is 5.11 Å². The van der Waals surface area contributed by atoms with Gasteiger partial charge in [-0.05, 0) is 22.4 Å². The Balaban J connectivity index is 1.89. The molecular weight excluding hydrogens is 244 g/mol. The number of thiophene rings is 1. The highest BCUT2D eigenvalue weighted by Gasteiger charge is 2.12. The topological polar surface area (TPSA) is 46.0 Å². The van der Waals surface area contributed by atoms with Crippen molar-refractivity contribution in [3.8, 4) is 0 Å². The molecule has 2 heterocycles. The van der Waals surface area contributed by atoms with Crippen LogP contribution in [0.2, 0.25) is 0 Å². The number of hydrogen-bond donors (Lipinski definition) is 1. The van der Waals surface area contributed by atoms with Gasteiger partial charge in [0.2, 0.25) is 0 Å². The largest absolute Gasteiger partial charge is 0.386 e. The molecule has 0 saturated heterocycles. The van der Waals surface area contributed by atoms with Gasteiger partial charge in [0, 0.05) is 23.5 Å². The van der Waals surface area contributed by atoms with Crippen LogP contribution in [-0.4, -0.2) is 15.1 Å². The van der Waals surface area contributed by atoms with E-state index in [4.69, 9.17) is 0 Å². The van der Waals surface area contributed by atoms with E-state index in [2.05, 4.69) is 27.5 Å². The van der Waals surface area contributed by atoms with E-state index in [-0.39, 0.29) is 0 Å². The fraction of sp³-hybridized carbons (Fsp3) is 0.143. The van der Waals surface area contributed by atoms with Crippen molar-refractivity contribution in [3.05, 3.63) is 59.5 Å². The first kappa shape index (κ1) is 11.3. The van der Waals surface area contributed by atoms with Gasteiger partial charge in [0.05, 0.1) is 11.9 Å². The van der Waals surface area contributed by atoms with E-state index in [1.165, 1.54) is 10.1 Å². The quantitative estimate of drug-likeness (QED) is 0.783. The second-order valence-electron chi connectivity index (χ2n) is 4.11. The highest BCUT2D eigenvalue weighted by atomic mass is 32.1. The summed E-state index contributed by atoms with van der Waals surface area (Å²) >= 11 is 1.70. The molecule has 0 amide bonds. The van der Waals surface area contributed by atoms with Gasteiger partial charge >= 0.3 is 0 Å². The standard InChI is InChI=1S/C14H12N2OS/c17-13(12-8-15-5-6-16-12)7-10-9-18-14-4-2-1-3-11(10)14/h1-6,8-9,13,17H,7H2. The Labute approximate surface area is 109 Å². The van der Waals surface area contributed by atoms with Crippen molar-refractivity contribution in [2.45, 2.75) is 12.5 Å². The molecule has 3 rings (SSSR count). The highest BCUT2D eigenvalue weighted by molar-refractivity contribution is 7.17. The number of fused-ring (bicyclic) bond motifs is 1. The van der Waals surface area contributed by atoms with Gasteiger partial charge in [-0.1, -0.05) is 18.2 Å². The van der Waals surface area contributed by atoms with Gasteiger partial charge in [0.15, 0.2) is 0 Å². The SMILES string of the molecule is OC(Cc1csc2ccccc12)c1cnccn1. The van der Waals surface area contributed by atoms with E-state index in [1.54, 1.807) is 29.9 Å². The molecule has 2 aromatic heterocycles. The molecule has 0 saturated carbocycles. The Hall–Kier alpha value is -1.78. The molecule has 3 aromatic rings. The maximum atomic E-state index is 10.2. The highest BCUT2D eigenvalue weighted by Crippen LogP contribution is 2.28. The van der Waals surface area contributed by atoms with Gasteiger partial charge in [-0.25, -0.2) is 0 Å². The summed E-state index contributed by atoms with van der Waals surface area (Å²) in [6, 6.07) is 8.23. The summed E-state index contributed by atoms with van der Waals surface area (Å²) in [6.45, 7) is 0. The van der Waals surface area contributed by atoms with Gasteiger partial charge in [-0.3, -0.25) is 9.97 Å². The van der Waals surface area contributed by atoms with Gasteiger partial charge in [0.25, 0.3) is 0 Å². The minimum Gasteiger partial charge on any atom is -0.386 e. The molecule has 0 aliphatic rings. The molecule has 4 heteroatoms. The molecule has 18 heavy (non-hydrogen) atoms. The van der Waals surface area contributed by atoms with E-state index in [1.807, 2.05) is 12.1 Å². The summed E-state index contributed by atoms with van der Waals surface area (Å²) in [4.78, 5) is 8.11. The summed E-state index contributed by atoms with van der Waals surface area (Å²) in [5, 5.41) is 13.5. The average Bonchev–Trinajstić information content (AvgIpc) is 2.83. The smallest absolute Gasteiger partial charge is 0.102 e. The van der Waals surface area contributed by atoms with Crippen molar-refractivity contribution < 1.29 is 5.11 Å². The molecule has 1 aromatic carbocycles. The number of aliphatic hydroxyl groups is 1. The van der Waals surface area contributed by atoms with Crippen molar-refractivity contribution in [2.24, 2.45) is 0 Å². The third-order valence-corrected chi connectivity index (χ3v) is 3.91. The monoisotopic (exact) mass is 256 g/mol. The minimum atomic E-state index is -0.600. The third kappa shape index (κ3) is 2.12. The van der Waals surface area contributed by atoms with Crippen LogP contribution in [-0.2, 0) is 6.42 Å². The van der Waals surface area contributed by atoms with Crippen LogP contribution >= 0.6 is 11.3 Å². The molecule has 0 fully saturated rings. The van der Waals surface area contributed by atoms with Crippen molar-refractivity contribution in [3.63, 3.8) is 0 Å². The first-order chi connectivity index (χ1) is 8.84. The Kier molecular flexibility index (Phi) is 3.04. The maximum absolute atomic E-state index is 10.2. The van der Waals surface area contributed by atoms with Crippen LogP contribution in [0.3, 0.4) is 0 Å². The molecule has 0 aliphatic heterocycles. The zero-order valence-corrected chi connectivity index (χ0v) is 10.5. The molecule has 0 radical (unpaired) electrons. The Morgan fingerprint density at radius 1 is 1.22 bits per heavy atom. The maximum Gasteiger partial charge on any atom is 0.102 e. The summed E-state index contributed by atoms with van der Waals surface area (Å²) in [5.41, 5.74) is 1.78. The van der Waals surface area contributed by atoms with Gasteiger partial charge in [-0.15, -0.1) is 11.3 Å². The van der Waals surface area contributed by atoms with Gasteiger partial charge < -0.3 is 5.11 Å². The first-order valence-electron chi connectivity index (χ1n) is 5.73. The molecule has 1 unspecified atom stereocenters. The van der Waals surface area contributed by atoms with E-state index >= 15 is 0 Å². The summed E-state index contributed by atoms with van der Waals surface area (Å²) < 4.78 is 1.25. The minimum absolute atomic E-state index is 0.572. The summed E-state index contributed by atoms with van der Waals surface area (Å²) in [6.07, 6.45) is 4.79. The predicted octanol–water partition coefficient (Wildman–Crippen LogP) is 2.97. The van der Waals surface area contributed by atoms with Crippen LogP contribution in [0.4, 0.5) is 0 Å². The van der Waals surface area contributed by atoms with E-state index in [0.29, 0.717) is 12.1 Å². The molecule has 3 nitrogen and oxygen atoms in total.